The summed E-state index contributed by atoms with van der Waals surface area (Å²) in [6.07, 6.45) is -1.15. The van der Waals surface area contributed by atoms with Crippen LogP contribution in [0.3, 0.4) is 0 Å². The van der Waals surface area contributed by atoms with Crippen LogP contribution in [0.1, 0.15) is 23.1 Å². The summed E-state index contributed by atoms with van der Waals surface area (Å²) in [6.45, 7) is 1.59. The minimum absolute atomic E-state index is 0.0358. The third-order valence-corrected chi connectivity index (χ3v) is 2.30. The first-order chi connectivity index (χ1) is 6.61. The van der Waals surface area contributed by atoms with Crippen molar-refractivity contribution in [2.45, 2.75) is 19.2 Å². The standard InChI is InChI=1S/C9H10ClF2NO/c1-5-6(3-10)4-13-9(14-2)7(5)8(11)12/h4,8H,3H2,1-2H3. The summed E-state index contributed by atoms with van der Waals surface area (Å²) in [7, 11) is 1.31. The third kappa shape index (κ3) is 1.95. The highest BCUT2D eigenvalue weighted by molar-refractivity contribution is 6.17. The molecule has 2 nitrogen and oxygen atoms in total. The van der Waals surface area contributed by atoms with E-state index >= 15 is 0 Å². The van der Waals surface area contributed by atoms with Gasteiger partial charge in [-0.3, -0.25) is 0 Å². The summed E-state index contributed by atoms with van der Waals surface area (Å²) < 4.78 is 30.0. The van der Waals surface area contributed by atoms with Gasteiger partial charge < -0.3 is 4.74 Å². The zero-order chi connectivity index (χ0) is 10.7. The van der Waals surface area contributed by atoms with E-state index in [1.54, 1.807) is 6.92 Å². The first-order valence-electron chi connectivity index (χ1n) is 3.98. The first-order valence-corrected chi connectivity index (χ1v) is 4.51. The molecular formula is C9H10ClF2NO. The molecule has 0 atom stereocenters. The maximum atomic E-state index is 12.6. The number of aromatic nitrogens is 1. The van der Waals surface area contributed by atoms with Crippen molar-refractivity contribution in [1.29, 1.82) is 0 Å². The second-order valence-electron chi connectivity index (χ2n) is 2.77. The fourth-order valence-electron chi connectivity index (χ4n) is 1.19. The van der Waals surface area contributed by atoms with Crippen LogP contribution in [-0.4, -0.2) is 12.1 Å². The van der Waals surface area contributed by atoms with Gasteiger partial charge in [-0.15, -0.1) is 11.6 Å². The molecule has 0 saturated carbocycles. The van der Waals surface area contributed by atoms with Crippen LogP contribution in [0.25, 0.3) is 0 Å². The highest BCUT2D eigenvalue weighted by atomic mass is 35.5. The fourth-order valence-corrected chi connectivity index (χ4v) is 1.46. The summed E-state index contributed by atoms with van der Waals surface area (Å²) in [5.74, 6) is 0.133. The van der Waals surface area contributed by atoms with Gasteiger partial charge in [0.2, 0.25) is 5.88 Å². The zero-order valence-corrected chi connectivity index (χ0v) is 8.61. The molecule has 0 saturated heterocycles. The molecule has 0 unspecified atom stereocenters. The molecule has 5 heteroatoms. The van der Waals surface area contributed by atoms with Gasteiger partial charge in [-0.25, -0.2) is 13.8 Å². The molecule has 0 radical (unpaired) electrons. The number of nitrogens with zero attached hydrogens (tertiary/aromatic N) is 1. The molecule has 0 fully saturated rings. The highest BCUT2D eigenvalue weighted by Gasteiger charge is 2.19. The Hall–Kier alpha value is -0.900. The maximum absolute atomic E-state index is 12.6. The molecule has 1 heterocycles. The molecule has 14 heavy (non-hydrogen) atoms. The van der Waals surface area contributed by atoms with Crippen molar-refractivity contribution < 1.29 is 13.5 Å². The van der Waals surface area contributed by atoms with E-state index in [-0.39, 0.29) is 17.3 Å². The predicted molar refractivity (Wildman–Crippen MR) is 50.0 cm³/mol. The first kappa shape index (κ1) is 11.2. The Morgan fingerprint density at radius 3 is 2.64 bits per heavy atom. The average molecular weight is 222 g/mol. The van der Waals surface area contributed by atoms with Crippen LogP contribution in [-0.2, 0) is 5.88 Å². The van der Waals surface area contributed by atoms with Crippen molar-refractivity contribution >= 4 is 11.6 Å². The molecule has 0 aliphatic rings. The molecule has 1 rings (SSSR count). The number of methoxy groups -OCH3 is 1. The molecule has 0 bridgehead atoms. The van der Waals surface area contributed by atoms with Crippen LogP contribution in [0.4, 0.5) is 8.78 Å². The van der Waals surface area contributed by atoms with Gasteiger partial charge in [0, 0.05) is 12.1 Å². The second-order valence-corrected chi connectivity index (χ2v) is 3.03. The monoisotopic (exact) mass is 221 g/mol. The van der Waals surface area contributed by atoms with Crippen LogP contribution in [0.2, 0.25) is 0 Å². The Morgan fingerprint density at radius 2 is 2.21 bits per heavy atom. The average Bonchev–Trinajstić information content (AvgIpc) is 2.16. The van der Waals surface area contributed by atoms with Crippen LogP contribution in [0, 0.1) is 6.92 Å². The zero-order valence-electron chi connectivity index (χ0n) is 7.85. The molecule has 0 N–H and O–H groups in total. The summed E-state index contributed by atoms with van der Waals surface area (Å²) >= 11 is 5.58. The van der Waals surface area contributed by atoms with Gasteiger partial charge in [0.05, 0.1) is 12.7 Å². The molecule has 0 aliphatic carbocycles. The van der Waals surface area contributed by atoms with Crippen LogP contribution >= 0.6 is 11.6 Å². The molecular weight excluding hydrogens is 212 g/mol. The third-order valence-electron chi connectivity index (χ3n) is 2.01. The number of pyridine rings is 1. The topological polar surface area (TPSA) is 22.1 Å². The van der Waals surface area contributed by atoms with Gasteiger partial charge in [-0.2, -0.15) is 0 Å². The van der Waals surface area contributed by atoms with Crippen LogP contribution in [0.5, 0.6) is 5.88 Å². The minimum atomic E-state index is -2.60. The highest BCUT2D eigenvalue weighted by Crippen LogP contribution is 2.32. The Morgan fingerprint density at radius 1 is 1.57 bits per heavy atom. The predicted octanol–water partition coefficient (Wildman–Crippen LogP) is 3.08. The number of rotatable bonds is 3. The van der Waals surface area contributed by atoms with Gasteiger partial charge in [-0.05, 0) is 18.1 Å². The van der Waals surface area contributed by atoms with E-state index in [1.807, 2.05) is 0 Å². The van der Waals surface area contributed by atoms with E-state index in [0.717, 1.165) is 0 Å². The quantitative estimate of drug-likeness (QED) is 0.732. The lowest BCUT2D eigenvalue weighted by Crippen LogP contribution is -2.01. The van der Waals surface area contributed by atoms with Gasteiger partial charge >= 0.3 is 0 Å². The van der Waals surface area contributed by atoms with E-state index in [2.05, 4.69) is 4.98 Å². The molecule has 0 aliphatic heterocycles. The Labute approximate surface area is 85.9 Å². The smallest absolute Gasteiger partial charge is 0.269 e. The lowest BCUT2D eigenvalue weighted by Gasteiger charge is -2.12. The minimum Gasteiger partial charge on any atom is -0.481 e. The van der Waals surface area contributed by atoms with Crippen molar-refractivity contribution in [2.24, 2.45) is 0 Å². The summed E-state index contributed by atoms with van der Waals surface area (Å²) in [6, 6.07) is 0. The van der Waals surface area contributed by atoms with E-state index in [0.29, 0.717) is 11.1 Å². The molecule has 1 aromatic rings. The van der Waals surface area contributed by atoms with Crippen molar-refractivity contribution in [3.05, 3.63) is 22.9 Å². The van der Waals surface area contributed by atoms with Gasteiger partial charge in [0.1, 0.15) is 0 Å². The van der Waals surface area contributed by atoms with Crippen LogP contribution < -0.4 is 4.74 Å². The van der Waals surface area contributed by atoms with E-state index in [4.69, 9.17) is 16.3 Å². The number of ether oxygens (including phenoxy) is 1. The molecule has 0 aromatic carbocycles. The van der Waals surface area contributed by atoms with Crippen molar-refractivity contribution in [3.63, 3.8) is 0 Å². The van der Waals surface area contributed by atoms with Gasteiger partial charge in [0.15, 0.2) is 0 Å². The normalized spacial score (nSPS) is 10.7. The number of hydrogen-bond acceptors (Lipinski definition) is 2. The van der Waals surface area contributed by atoms with E-state index in [9.17, 15) is 8.78 Å². The van der Waals surface area contributed by atoms with Gasteiger partial charge in [-0.1, -0.05) is 0 Å². The lowest BCUT2D eigenvalue weighted by atomic mass is 10.1. The summed E-state index contributed by atoms with van der Waals surface area (Å²) in [4.78, 5) is 3.76. The Balaban J connectivity index is 3.31. The number of alkyl halides is 3. The molecule has 0 amide bonds. The van der Waals surface area contributed by atoms with Crippen molar-refractivity contribution in [3.8, 4) is 5.88 Å². The maximum Gasteiger partial charge on any atom is 0.269 e. The summed E-state index contributed by atoms with van der Waals surface area (Å²) in [5.41, 5.74) is 0.871. The second kappa shape index (κ2) is 4.55. The molecule has 0 spiro atoms. The van der Waals surface area contributed by atoms with Crippen LogP contribution in [0.15, 0.2) is 6.20 Å². The Bertz CT molecular complexity index is 331. The molecule has 1 aromatic heterocycles. The Kier molecular flexibility index (Phi) is 3.63. The fraction of sp³-hybridized carbons (Fsp3) is 0.444. The molecule has 78 valence electrons. The van der Waals surface area contributed by atoms with Crippen molar-refractivity contribution in [1.82, 2.24) is 4.98 Å². The number of halogens is 3. The summed E-state index contributed by atoms with van der Waals surface area (Å²) in [5, 5.41) is 0. The van der Waals surface area contributed by atoms with Gasteiger partial charge in [0.25, 0.3) is 6.43 Å². The van der Waals surface area contributed by atoms with E-state index in [1.165, 1.54) is 13.3 Å². The SMILES string of the molecule is COc1ncc(CCl)c(C)c1C(F)F. The lowest BCUT2D eigenvalue weighted by molar-refractivity contribution is 0.145. The van der Waals surface area contributed by atoms with E-state index < -0.39 is 6.43 Å². The van der Waals surface area contributed by atoms with Crippen molar-refractivity contribution in [2.75, 3.05) is 7.11 Å². The number of hydrogen-bond donors (Lipinski definition) is 0. The largest absolute Gasteiger partial charge is 0.481 e.